The molecule has 0 spiro atoms. The second kappa shape index (κ2) is 1.29. The minimum atomic E-state index is -0.498. The van der Waals surface area contributed by atoms with Crippen LogP contribution < -0.4 is 5.73 Å². The molecule has 0 aliphatic heterocycles. The number of imidazole rings is 1. The third-order valence-corrected chi connectivity index (χ3v) is 0.746. The Balaban J connectivity index is 3.19. The Hall–Kier alpha value is -1.39. The minimum Gasteiger partial charge on any atom is -0.478 e. The lowest BCUT2D eigenvalue weighted by Crippen LogP contribution is -1.95. The zero-order valence-electron chi connectivity index (χ0n) is 3.94. The smallest absolute Gasteiger partial charge is 0.329 e. The van der Waals surface area contributed by atoms with Crippen LogP contribution >= 0.6 is 0 Å². The van der Waals surface area contributed by atoms with Gasteiger partial charge in [-0.25, -0.2) is 0 Å². The first-order valence-electron chi connectivity index (χ1n) is 1.93. The molecule has 5 nitrogen and oxygen atoms in total. The van der Waals surface area contributed by atoms with Crippen LogP contribution in [0.5, 0.6) is 6.01 Å². The van der Waals surface area contributed by atoms with Gasteiger partial charge in [0.2, 0.25) is 0 Å². The van der Waals surface area contributed by atoms with Crippen molar-refractivity contribution in [3.8, 4) is 6.01 Å². The van der Waals surface area contributed by atoms with E-state index in [1.807, 2.05) is 0 Å². The normalized spacial score (nSPS) is 9.50. The Labute approximate surface area is 45.0 Å². The number of hydrogen-bond donors (Lipinski definition) is 3. The fraction of sp³-hybridized carbons (Fsp3) is 0. The number of nitrogens with two attached hydrogens (primary N) is 1. The van der Waals surface area contributed by atoms with Gasteiger partial charge in [0.15, 0.2) is 5.82 Å². The van der Waals surface area contributed by atoms with E-state index in [1.165, 1.54) is 0 Å². The monoisotopic (exact) mass is 115 g/mol. The van der Waals surface area contributed by atoms with Crippen LogP contribution in [-0.4, -0.2) is 20.0 Å². The van der Waals surface area contributed by atoms with Crippen molar-refractivity contribution in [2.75, 3.05) is 5.73 Å². The number of rotatable bonds is 0. The first-order chi connectivity index (χ1) is 3.72. The Morgan fingerprint density at radius 2 is 2.38 bits per heavy atom. The maximum atomic E-state index is 8.53. The van der Waals surface area contributed by atoms with Crippen molar-refractivity contribution in [1.29, 1.82) is 0 Å². The quantitative estimate of drug-likeness (QED) is 0.394. The van der Waals surface area contributed by atoms with Gasteiger partial charge in [0.25, 0.3) is 0 Å². The van der Waals surface area contributed by atoms with Crippen LogP contribution in [0.15, 0.2) is 6.20 Å². The molecular formula is C3H5N3O2. The summed E-state index contributed by atoms with van der Waals surface area (Å²) < 4.78 is 0.389. The first-order valence-corrected chi connectivity index (χ1v) is 1.93. The van der Waals surface area contributed by atoms with E-state index >= 15 is 0 Å². The van der Waals surface area contributed by atoms with Crippen molar-refractivity contribution in [3.63, 3.8) is 0 Å². The summed E-state index contributed by atoms with van der Waals surface area (Å²) in [5, 5.41) is 17.0. The summed E-state index contributed by atoms with van der Waals surface area (Å²) in [6.07, 6.45) is 1.15. The second-order valence-corrected chi connectivity index (χ2v) is 1.29. The molecule has 0 aliphatic rings. The lowest BCUT2D eigenvalue weighted by atomic mass is 10.8. The summed E-state index contributed by atoms with van der Waals surface area (Å²) in [5.74, 6) is 0.0162. The van der Waals surface area contributed by atoms with Gasteiger partial charge < -0.3 is 16.0 Å². The molecule has 0 amide bonds. The molecule has 8 heavy (non-hydrogen) atoms. The van der Waals surface area contributed by atoms with Crippen LogP contribution in [0.3, 0.4) is 0 Å². The molecule has 0 saturated carbocycles. The molecule has 44 valence electrons. The summed E-state index contributed by atoms with van der Waals surface area (Å²) in [6.45, 7) is 0. The summed E-state index contributed by atoms with van der Waals surface area (Å²) in [4.78, 5) is 3.26. The predicted molar refractivity (Wildman–Crippen MR) is 25.5 cm³/mol. The SMILES string of the molecule is Nc1cnc(O)n1O. The van der Waals surface area contributed by atoms with E-state index in [-0.39, 0.29) is 5.82 Å². The van der Waals surface area contributed by atoms with Crippen LogP contribution in [0.4, 0.5) is 5.82 Å². The van der Waals surface area contributed by atoms with Gasteiger partial charge in [-0.3, -0.25) is 0 Å². The highest BCUT2D eigenvalue weighted by Gasteiger charge is 1.99. The topological polar surface area (TPSA) is 84.3 Å². The van der Waals surface area contributed by atoms with Gasteiger partial charge in [0.1, 0.15) is 0 Å². The molecule has 0 aliphatic carbocycles. The van der Waals surface area contributed by atoms with E-state index in [0.29, 0.717) is 4.73 Å². The minimum absolute atomic E-state index is 0.0162. The van der Waals surface area contributed by atoms with Gasteiger partial charge >= 0.3 is 6.01 Å². The Bertz CT molecular complexity index is 175. The average Bonchev–Trinajstić information content (AvgIpc) is 1.98. The molecule has 0 radical (unpaired) electrons. The van der Waals surface area contributed by atoms with E-state index in [0.717, 1.165) is 6.20 Å². The molecule has 4 N–H and O–H groups in total. The van der Waals surface area contributed by atoms with Crippen molar-refractivity contribution >= 4 is 5.82 Å². The van der Waals surface area contributed by atoms with Gasteiger partial charge in [-0.15, -0.1) is 4.73 Å². The first kappa shape index (κ1) is 4.76. The fourth-order valence-corrected chi connectivity index (χ4v) is 0.349. The number of aromatic hydroxyl groups is 1. The van der Waals surface area contributed by atoms with Crippen molar-refractivity contribution in [1.82, 2.24) is 9.71 Å². The van der Waals surface area contributed by atoms with Crippen molar-refractivity contribution in [2.24, 2.45) is 0 Å². The average molecular weight is 115 g/mol. The molecule has 1 rings (SSSR count). The summed E-state index contributed by atoms with van der Waals surface area (Å²) in [5.41, 5.74) is 5.03. The fourth-order valence-electron chi connectivity index (χ4n) is 0.349. The lowest BCUT2D eigenvalue weighted by molar-refractivity contribution is 0.157. The van der Waals surface area contributed by atoms with E-state index in [1.54, 1.807) is 0 Å². The summed E-state index contributed by atoms with van der Waals surface area (Å²) in [7, 11) is 0. The zero-order valence-corrected chi connectivity index (χ0v) is 3.94. The van der Waals surface area contributed by atoms with Crippen molar-refractivity contribution in [2.45, 2.75) is 0 Å². The van der Waals surface area contributed by atoms with Crippen molar-refractivity contribution in [3.05, 3.63) is 6.20 Å². The van der Waals surface area contributed by atoms with E-state index in [4.69, 9.17) is 16.0 Å². The van der Waals surface area contributed by atoms with Gasteiger partial charge in [-0.05, 0) is 0 Å². The Morgan fingerprint density at radius 1 is 1.75 bits per heavy atom. The highest BCUT2D eigenvalue weighted by molar-refractivity contribution is 5.27. The van der Waals surface area contributed by atoms with Crippen LogP contribution in [0.25, 0.3) is 0 Å². The number of nitrogen functional groups attached to an aromatic ring is 1. The molecule has 1 heterocycles. The Morgan fingerprint density at radius 3 is 2.50 bits per heavy atom. The summed E-state index contributed by atoms with van der Waals surface area (Å²) in [6, 6.07) is -0.498. The maximum Gasteiger partial charge on any atom is 0.329 e. The van der Waals surface area contributed by atoms with Gasteiger partial charge in [0, 0.05) is 0 Å². The molecule has 0 bridgehead atoms. The van der Waals surface area contributed by atoms with E-state index < -0.39 is 6.01 Å². The van der Waals surface area contributed by atoms with Gasteiger partial charge in [-0.2, -0.15) is 4.98 Å². The van der Waals surface area contributed by atoms with Crippen LogP contribution in [0.2, 0.25) is 0 Å². The molecule has 0 unspecified atom stereocenters. The van der Waals surface area contributed by atoms with Gasteiger partial charge in [0.05, 0.1) is 6.20 Å². The van der Waals surface area contributed by atoms with Crippen LogP contribution in [0, 0.1) is 0 Å². The molecule has 1 aromatic heterocycles. The van der Waals surface area contributed by atoms with Crippen LogP contribution in [0.1, 0.15) is 0 Å². The summed E-state index contributed by atoms with van der Waals surface area (Å²) >= 11 is 0. The number of aromatic nitrogens is 2. The molecule has 0 fully saturated rings. The molecular weight excluding hydrogens is 110 g/mol. The molecule has 0 saturated heterocycles. The largest absolute Gasteiger partial charge is 0.478 e. The zero-order chi connectivity index (χ0) is 6.15. The lowest BCUT2D eigenvalue weighted by Gasteiger charge is -1.90. The molecule has 5 heteroatoms. The Kier molecular flexibility index (Phi) is 0.768. The number of hydrogen-bond acceptors (Lipinski definition) is 4. The second-order valence-electron chi connectivity index (χ2n) is 1.29. The highest BCUT2D eigenvalue weighted by atomic mass is 16.5. The number of nitrogens with zero attached hydrogens (tertiary/aromatic N) is 2. The third-order valence-electron chi connectivity index (χ3n) is 0.746. The standard InChI is InChI=1S/C3H5N3O2/c4-2-1-5-3(7)6(2)8/h1,8H,4H2,(H,5,7). The van der Waals surface area contributed by atoms with Crippen LogP contribution in [-0.2, 0) is 0 Å². The highest BCUT2D eigenvalue weighted by Crippen LogP contribution is 2.07. The third kappa shape index (κ3) is 0.446. The van der Waals surface area contributed by atoms with E-state index in [9.17, 15) is 0 Å². The number of anilines is 1. The van der Waals surface area contributed by atoms with Crippen molar-refractivity contribution < 1.29 is 10.3 Å². The predicted octanol–water partition coefficient (Wildman–Crippen LogP) is -0.592. The maximum absolute atomic E-state index is 8.53. The molecule has 0 aromatic carbocycles. The molecule has 0 atom stereocenters. The van der Waals surface area contributed by atoms with Gasteiger partial charge in [-0.1, -0.05) is 0 Å². The van der Waals surface area contributed by atoms with E-state index in [2.05, 4.69) is 4.98 Å². The molecule has 1 aromatic rings.